The molecular formula is C14H26O9. The van der Waals surface area contributed by atoms with E-state index in [2.05, 4.69) is 0 Å². The molecule has 23 heavy (non-hydrogen) atoms. The molecule has 0 amide bonds. The third kappa shape index (κ3) is 4.81. The normalized spacial score (nSPS) is 45.1. The minimum Gasteiger partial charge on any atom is -0.394 e. The monoisotopic (exact) mass is 338 g/mol. The van der Waals surface area contributed by atoms with E-state index in [1.54, 1.807) is 6.92 Å². The average molecular weight is 338 g/mol. The molecule has 0 saturated carbocycles. The zero-order valence-electron chi connectivity index (χ0n) is 13.0. The number of ether oxygens (including phenoxy) is 4. The van der Waals surface area contributed by atoms with E-state index in [9.17, 15) is 20.4 Å². The molecule has 9 heteroatoms. The predicted octanol–water partition coefficient (Wildman–Crippen LogP) is -2.29. The van der Waals surface area contributed by atoms with Gasteiger partial charge in [0.25, 0.3) is 0 Å². The summed E-state index contributed by atoms with van der Waals surface area (Å²) in [5.41, 5.74) is 0. The van der Waals surface area contributed by atoms with Crippen molar-refractivity contribution in [1.82, 2.24) is 0 Å². The van der Waals surface area contributed by atoms with Crippen LogP contribution in [-0.2, 0) is 18.9 Å². The van der Waals surface area contributed by atoms with Gasteiger partial charge in [-0.25, -0.2) is 0 Å². The van der Waals surface area contributed by atoms with Crippen LogP contribution in [0.3, 0.4) is 0 Å². The van der Waals surface area contributed by atoms with Gasteiger partial charge in [0.1, 0.15) is 24.4 Å². The van der Waals surface area contributed by atoms with Crippen LogP contribution < -0.4 is 0 Å². The Kier molecular flexibility index (Phi) is 7.14. The summed E-state index contributed by atoms with van der Waals surface area (Å²) in [5, 5.41) is 48.3. The van der Waals surface area contributed by atoms with Crippen LogP contribution in [0.4, 0.5) is 0 Å². The predicted molar refractivity (Wildman–Crippen MR) is 75.2 cm³/mol. The Morgan fingerprint density at radius 2 is 1.39 bits per heavy atom. The highest BCUT2D eigenvalue weighted by atomic mass is 16.7. The van der Waals surface area contributed by atoms with Crippen molar-refractivity contribution in [1.29, 1.82) is 0 Å². The summed E-state index contributed by atoms with van der Waals surface area (Å²) >= 11 is 0. The van der Waals surface area contributed by atoms with Crippen molar-refractivity contribution in [2.45, 2.75) is 69.0 Å². The molecule has 2 saturated heterocycles. The van der Waals surface area contributed by atoms with E-state index in [0.717, 1.165) is 0 Å². The lowest BCUT2D eigenvalue weighted by Gasteiger charge is -2.39. The lowest BCUT2D eigenvalue weighted by atomic mass is 10.0. The Balaban J connectivity index is 1.86. The molecule has 5 N–H and O–H groups in total. The maximum atomic E-state index is 9.96. The molecule has 7 unspecified atom stereocenters. The maximum Gasteiger partial charge on any atom is 0.160 e. The average Bonchev–Trinajstić information content (AvgIpc) is 2.52. The van der Waals surface area contributed by atoms with Gasteiger partial charge < -0.3 is 44.5 Å². The Labute approximate surface area is 134 Å². The first-order chi connectivity index (χ1) is 11.0. The molecule has 0 spiro atoms. The molecular weight excluding hydrogens is 312 g/mol. The number of hydrogen-bond donors (Lipinski definition) is 5. The fourth-order valence-electron chi connectivity index (χ4n) is 2.72. The van der Waals surface area contributed by atoms with Crippen molar-refractivity contribution in [3.05, 3.63) is 0 Å². The molecule has 136 valence electrons. The van der Waals surface area contributed by atoms with Crippen molar-refractivity contribution in [3.63, 3.8) is 0 Å². The maximum absolute atomic E-state index is 9.96. The molecule has 0 radical (unpaired) electrons. The smallest absolute Gasteiger partial charge is 0.160 e. The minimum atomic E-state index is -1.18. The third-order valence-electron chi connectivity index (χ3n) is 4.05. The van der Waals surface area contributed by atoms with Gasteiger partial charge >= 0.3 is 0 Å². The molecule has 0 aromatic carbocycles. The lowest BCUT2D eigenvalue weighted by Crippen LogP contribution is -2.53. The molecule has 0 aliphatic carbocycles. The minimum absolute atomic E-state index is 0.0257. The fraction of sp³-hybridized carbons (Fsp3) is 1.00. The van der Waals surface area contributed by atoms with Gasteiger partial charge in [-0.05, 0) is 6.92 Å². The second-order valence-corrected chi connectivity index (χ2v) is 5.77. The largest absolute Gasteiger partial charge is 0.394 e. The molecule has 2 fully saturated rings. The zero-order chi connectivity index (χ0) is 17.0. The molecule has 0 bridgehead atoms. The highest BCUT2D eigenvalue weighted by Gasteiger charge is 2.40. The van der Waals surface area contributed by atoms with Crippen LogP contribution in [0.25, 0.3) is 0 Å². The highest BCUT2D eigenvalue weighted by Crippen LogP contribution is 2.25. The molecule has 8 atom stereocenters. The molecule has 0 aromatic heterocycles. The summed E-state index contributed by atoms with van der Waals surface area (Å²) in [6, 6.07) is 0. The molecule has 2 aliphatic heterocycles. The van der Waals surface area contributed by atoms with Gasteiger partial charge in [-0.3, -0.25) is 0 Å². The van der Waals surface area contributed by atoms with Gasteiger partial charge in [0.15, 0.2) is 12.6 Å². The van der Waals surface area contributed by atoms with Gasteiger partial charge in [-0.15, -0.1) is 0 Å². The first-order valence-corrected chi connectivity index (χ1v) is 7.83. The summed E-state index contributed by atoms with van der Waals surface area (Å²) in [6.07, 6.45) is -7.41. The topological polar surface area (TPSA) is 138 Å². The van der Waals surface area contributed by atoms with Crippen LogP contribution in [0, 0.1) is 0 Å². The van der Waals surface area contributed by atoms with Crippen LogP contribution in [0.5, 0.6) is 0 Å². The Morgan fingerprint density at radius 1 is 0.870 bits per heavy atom. The van der Waals surface area contributed by atoms with Crippen LogP contribution in [-0.4, -0.2) is 94.6 Å². The molecule has 2 rings (SSSR count). The Hall–Kier alpha value is -0.360. The summed E-state index contributed by atoms with van der Waals surface area (Å²) in [7, 11) is 0. The van der Waals surface area contributed by atoms with Crippen molar-refractivity contribution in [2.24, 2.45) is 0 Å². The van der Waals surface area contributed by atoms with Crippen molar-refractivity contribution in [2.75, 3.05) is 19.8 Å². The van der Waals surface area contributed by atoms with Gasteiger partial charge in [0.05, 0.1) is 25.4 Å². The van der Waals surface area contributed by atoms with Crippen molar-refractivity contribution in [3.8, 4) is 0 Å². The zero-order valence-corrected chi connectivity index (χ0v) is 13.0. The summed E-state index contributed by atoms with van der Waals surface area (Å²) in [5.74, 6) is 0. The van der Waals surface area contributed by atoms with E-state index in [0.29, 0.717) is 6.61 Å². The van der Waals surface area contributed by atoms with Crippen molar-refractivity contribution < 1.29 is 44.5 Å². The number of aliphatic hydroxyl groups is 5. The van der Waals surface area contributed by atoms with Crippen LogP contribution in [0.15, 0.2) is 0 Å². The van der Waals surface area contributed by atoms with Crippen LogP contribution in [0.1, 0.15) is 19.8 Å². The Bertz CT molecular complexity index is 355. The van der Waals surface area contributed by atoms with E-state index in [-0.39, 0.29) is 19.4 Å². The number of aliphatic hydroxyl groups excluding tert-OH is 5. The first kappa shape index (κ1) is 19.0. The number of hydrogen-bond acceptors (Lipinski definition) is 9. The van der Waals surface area contributed by atoms with Crippen LogP contribution >= 0.6 is 0 Å². The number of rotatable bonds is 6. The fourth-order valence-corrected chi connectivity index (χ4v) is 2.72. The third-order valence-corrected chi connectivity index (χ3v) is 4.05. The summed E-state index contributed by atoms with van der Waals surface area (Å²) in [4.78, 5) is 0. The second kappa shape index (κ2) is 8.65. The van der Waals surface area contributed by atoms with E-state index in [4.69, 9.17) is 24.1 Å². The highest BCUT2D eigenvalue weighted by molar-refractivity contribution is 4.85. The molecule has 2 heterocycles. The molecule has 9 nitrogen and oxygen atoms in total. The van der Waals surface area contributed by atoms with Gasteiger partial charge in [-0.2, -0.15) is 0 Å². The van der Waals surface area contributed by atoms with E-state index < -0.39 is 55.8 Å². The van der Waals surface area contributed by atoms with E-state index in [1.807, 2.05) is 0 Å². The quantitative estimate of drug-likeness (QED) is 0.362. The lowest BCUT2D eigenvalue weighted by molar-refractivity contribution is -0.291. The molecule has 2 aliphatic rings. The van der Waals surface area contributed by atoms with E-state index >= 15 is 0 Å². The SMILES string of the molecule is CCOC1CC(O)C(O)[C@@H](COC2CC(O)C(O)C(CO)O2)O1. The molecule has 0 aromatic rings. The summed E-state index contributed by atoms with van der Waals surface area (Å²) < 4.78 is 21.6. The van der Waals surface area contributed by atoms with Crippen LogP contribution in [0.2, 0.25) is 0 Å². The first-order valence-electron chi connectivity index (χ1n) is 7.83. The Morgan fingerprint density at radius 3 is 1.96 bits per heavy atom. The van der Waals surface area contributed by atoms with Crippen molar-refractivity contribution >= 4 is 0 Å². The standard InChI is InChI=1S/C14H26O9/c1-2-20-11-3-8(17)14(19)10(23-11)6-21-12-4-7(16)13(18)9(5-15)22-12/h7-19H,2-6H2,1H3/t7?,8?,9?,10-,11?,12?,13?,14?/m1/s1. The van der Waals surface area contributed by atoms with Gasteiger partial charge in [-0.1, -0.05) is 0 Å². The van der Waals surface area contributed by atoms with Gasteiger partial charge in [0.2, 0.25) is 0 Å². The summed E-state index contributed by atoms with van der Waals surface area (Å²) in [6.45, 7) is 1.66. The van der Waals surface area contributed by atoms with Gasteiger partial charge in [0, 0.05) is 19.4 Å². The van der Waals surface area contributed by atoms with E-state index in [1.165, 1.54) is 0 Å². The second-order valence-electron chi connectivity index (χ2n) is 5.77.